The molecule has 6 nitrogen and oxygen atoms in total. The van der Waals surface area contributed by atoms with Gasteiger partial charge in [-0.25, -0.2) is 8.42 Å². The van der Waals surface area contributed by atoms with E-state index in [1.807, 2.05) is 31.4 Å². The summed E-state index contributed by atoms with van der Waals surface area (Å²) < 4.78 is 31.1. The zero-order valence-electron chi connectivity index (χ0n) is 19.0. The van der Waals surface area contributed by atoms with Gasteiger partial charge in [0.2, 0.25) is 0 Å². The Morgan fingerprint density at radius 2 is 1.76 bits per heavy atom. The fourth-order valence-corrected chi connectivity index (χ4v) is 6.03. The monoisotopic (exact) mass is 489 g/mol. The van der Waals surface area contributed by atoms with Gasteiger partial charge in [0.25, 0.3) is 15.9 Å². The number of sulfonamides is 1. The number of hydrogen-bond donors (Lipinski definition) is 1. The van der Waals surface area contributed by atoms with Crippen LogP contribution in [0.4, 0.5) is 5.69 Å². The number of rotatable bonds is 5. The lowest BCUT2D eigenvalue weighted by Crippen LogP contribution is -2.18. The molecule has 4 rings (SSSR count). The van der Waals surface area contributed by atoms with E-state index in [2.05, 4.69) is 21.7 Å². The van der Waals surface area contributed by atoms with Crippen molar-refractivity contribution >= 4 is 43.2 Å². The Balaban J connectivity index is 1.78. The van der Waals surface area contributed by atoms with Crippen molar-refractivity contribution in [3.8, 4) is 12.3 Å². The van der Waals surface area contributed by atoms with Crippen LogP contribution in [-0.4, -0.2) is 18.9 Å². The van der Waals surface area contributed by atoms with Gasteiger partial charge in [0.05, 0.1) is 32.9 Å². The molecule has 0 fully saturated rings. The molecule has 0 aliphatic rings. The maximum absolute atomic E-state index is 13.2. The number of para-hydroxylation sites is 1. The van der Waals surface area contributed by atoms with Gasteiger partial charge in [0.1, 0.15) is 0 Å². The molecule has 0 radical (unpaired) electrons. The molecule has 0 saturated carbocycles. The zero-order valence-corrected chi connectivity index (χ0v) is 20.6. The van der Waals surface area contributed by atoms with Crippen LogP contribution in [0.2, 0.25) is 0 Å². The molecule has 34 heavy (non-hydrogen) atoms. The second-order valence-corrected chi connectivity index (χ2v) is 10.7. The molecule has 1 heterocycles. The van der Waals surface area contributed by atoms with Crippen LogP contribution >= 0.6 is 11.3 Å². The van der Waals surface area contributed by atoms with Gasteiger partial charge in [-0.1, -0.05) is 53.2 Å². The van der Waals surface area contributed by atoms with Gasteiger partial charge < -0.3 is 4.57 Å². The van der Waals surface area contributed by atoms with Crippen molar-refractivity contribution < 1.29 is 13.2 Å². The second-order valence-electron chi connectivity index (χ2n) is 7.98. The molecule has 0 unspecified atom stereocenters. The number of amides is 1. The highest BCUT2D eigenvalue weighted by Gasteiger charge is 2.19. The van der Waals surface area contributed by atoms with Crippen molar-refractivity contribution in [3.05, 3.63) is 87.7 Å². The maximum atomic E-state index is 13.2. The zero-order chi connectivity index (χ0) is 24.5. The van der Waals surface area contributed by atoms with E-state index in [9.17, 15) is 13.2 Å². The van der Waals surface area contributed by atoms with Crippen molar-refractivity contribution in [1.82, 2.24) is 4.57 Å². The summed E-state index contributed by atoms with van der Waals surface area (Å²) in [6, 6.07) is 17.0. The molecule has 4 aromatic rings. The van der Waals surface area contributed by atoms with E-state index in [0.29, 0.717) is 4.80 Å². The molecule has 0 aliphatic heterocycles. The predicted octanol–water partition coefficient (Wildman–Crippen LogP) is 4.80. The minimum atomic E-state index is -3.88. The first kappa shape index (κ1) is 23.5. The van der Waals surface area contributed by atoms with E-state index in [0.717, 1.165) is 26.9 Å². The Kier molecular flexibility index (Phi) is 6.42. The van der Waals surface area contributed by atoms with Crippen LogP contribution in [0.15, 0.2) is 70.6 Å². The molecule has 0 atom stereocenters. The summed E-state index contributed by atoms with van der Waals surface area (Å²) in [5, 5.41) is 0. The number of nitrogens with one attached hydrogen (secondary N) is 1. The molecule has 0 bridgehead atoms. The number of aryl methyl sites for hydroxylation is 3. The number of thiazole rings is 1. The Labute approximate surface area is 202 Å². The number of aromatic nitrogens is 1. The fraction of sp³-hybridized carbons (Fsp3) is 0.154. The fourth-order valence-electron chi connectivity index (χ4n) is 3.74. The third-order valence-electron chi connectivity index (χ3n) is 5.29. The van der Waals surface area contributed by atoms with Crippen LogP contribution in [0.25, 0.3) is 10.2 Å². The van der Waals surface area contributed by atoms with E-state index < -0.39 is 15.9 Å². The highest BCUT2D eigenvalue weighted by molar-refractivity contribution is 7.92. The number of carbonyl (C=O) groups is 1. The molecular formula is C26H23N3O3S2. The molecule has 3 aromatic carbocycles. The molecule has 0 aliphatic carbocycles. The lowest BCUT2D eigenvalue weighted by atomic mass is 10.1. The molecule has 1 amide bonds. The Bertz CT molecular complexity index is 1620. The number of hydrogen-bond acceptors (Lipinski definition) is 4. The van der Waals surface area contributed by atoms with Crippen LogP contribution in [0, 0.1) is 33.1 Å². The smallest absolute Gasteiger partial charge is 0.281 e. The summed E-state index contributed by atoms with van der Waals surface area (Å²) in [4.78, 5) is 18.1. The Hall–Kier alpha value is -3.67. The summed E-state index contributed by atoms with van der Waals surface area (Å²) in [6.45, 7) is 6.15. The molecule has 8 heteroatoms. The summed E-state index contributed by atoms with van der Waals surface area (Å²) in [5.74, 6) is 2.07. The molecule has 1 N–H and O–H groups in total. The van der Waals surface area contributed by atoms with Gasteiger partial charge in [-0.05, 0) is 62.2 Å². The number of nitrogens with zero attached hydrogens (tertiary/aromatic N) is 2. The van der Waals surface area contributed by atoms with Crippen molar-refractivity contribution in [2.24, 2.45) is 4.99 Å². The lowest BCUT2D eigenvalue weighted by molar-refractivity contribution is 0.0998. The number of benzene rings is 3. The van der Waals surface area contributed by atoms with Gasteiger partial charge >= 0.3 is 0 Å². The minimum Gasteiger partial charge on any atom is -0.304 e. The highest BCUT2D eigenvalue weighted by Crippen LogP contribution is 2.24. The third-order valence-corrected chi connectivity index (χ3v) is 7.70. The molecule has 0 spiro atoms. The standard InChI is InChI=1S/C26H23N3O3S2/c1-5-14-29-24-19(4)15-18(3)16-23(24)33-26(29)27-25(30)21-8-6-7-9-22(21)28-34(31,32)20-12-10-17(2)11-13-20/h1,6-13,15-16,28H,14H2,2-4H3. The molecular weight excluding hydrogens is 466 g/mol. The summed E-state index contributed by atoms with van der Waals surface area (Å²) in [6.07, 6.45) is 5.59. The first-order valence-corrected chi connectivity index (χ1v) is 12.8. The lowest BCUT2D eigenvalue weighted by Gasteiger charge is -2.11. The van der Waals surface area contributed by atoms with E-state index in [1.54, 1.807) is 36.4 Å². The number of carbonyl (C=O) groups excluding carboxylic acids is 1. The van der Waals surface area contributed by atoms with Gasteiger partial charge in [-0.2, -0.15) is 4.99 Å². The average molecular weight is 490 g/mol. The van der Waals surface area contributed by atoms with Crippen molar-refractivity contribution in [2.75, 3.05) is 4.72 Å². The van der Waals surface area contributed by atoms with E-state index in [4.69, 9.17) is 6.42 Å². The van der Waals surface area contributed by atoms with E-state index in [1.165, 1.54) is 23.5 Å². The van der Waals surface area contributed by atoms with Crippen LogP contribution < -0.4 is 9.52 Å². The van der Waals surface area contributed by atoms with Crippen LogP contribution in [-0.2, 0) is 16.6 Å². The summed E-state index contributed by atoms with van der Waals surface area (Å²) in [5.41, 5.74) is 4.34. The first-order chi connectivity index (χ1) is 16.2. The Morgan fingerprint density at radius 1 is 1.06 bits per heavy atom. The number of fused-ring (bicyclic) bond motifs is 1. The minimum absolute atomic E-state index is 0.111. The third kappa shape index (κ3) is 4.67. The number of terminal acetylenes is 1. The van der Waals surface area contributed by atoms with Gasteiger partial charge in [0, 0.05) is 0 Å². The molecule has 1 aromatic heterocycles. The first-order valence-electron chi connectivity index (χ1n) is 10.5. The van der Waals surface area contributed by atoms with Crippen LogP contribution in [0.5, 0.6) is 0 Å². The van der Waals surface area contributed by atoms with Crippen molar-refractivity contribution in [3.63, 3.8) is 0 Å². The van der Waals surface area contributed by atoms with Gasteiger partial charge in [-0.3, -0.25) is 9.52 Å². The molecule has 172 valence electrons. The maximum Gasteiger partial charge on any atom is 0.281 e. The SMILES string of the molecule is C#CCn1c(=NC(=O)c2ccccc2NS(=O)(=O)c2ccc(C)cc2)sc2cc(C)cc(C)c21. The second kappa shape index (κ2) is 9.29. The van der Waals surface area contributed by atoms with E-state index in [-0.39, 0.29) is 22.7 Å². The summed E-state index contributed by atoms with van der Waals surface area (Å²) >= 11 is 1.37. The average Bonchev–Trinajstić information content (AvgIpc) is 3.11. The van der Waals surface area contributed by atoms with Gasteiger partial charge in [0.15, 0.2) is 4.80 Å². The topological polar surface area (TPSA) is 80.5 Å². The van der Waals surface area contributed by atoms with Crippen molar-refractivity contribution in [2.45, 2.75) is 32.2 Å². The predicted molar refractivity (Wildman–Crippen MR) is 136 cm³/mol. The Morgan fingerprint density at radius 3 is 2.47 bits per heavy atom. The van der Waals surface area contributed by atoms with Gasteiger partial charge in [-0.15, -0.1) is 6.42 Å². The highest BCUT2D eigenvalue weighted by atomic mass is 32.2. The quantitative estimate of drug-likeness (QED) is 0.409. The van der Waals surface area contributed by atoms with E-state index >= 15 is 0 Å². The largest absolute Gasteiger partial charge is 0.304 e. The van der Waals surface area contributed by atoms with Crippen LogP contribution in [0.3, 0.4) is 0 Å². The van der Waals surface area contributed by atoms with Crippen LogP contribution in [0.1, 0.15) is 27.0 Å². The normalized spacial score (nSPS) is 12.0. The summed E-state index contributed by atoms with van der Waals surface area (Å²) in [7, 11) is -3.88. The molecule has 0 saturated heterocycles. The number of anilines is 1. The van der Waals surface area contributed by atoms with Crippen molar-refractivity contribution in [1.29, 1.82) is 0 Å².